The number of halogens is 1. The van der Waals surface area contributed by atoms with Crippen LogP contribution in [-0.2, 0) is 16.6 Å². The molecule has 8 heteroatoms. The van der Waals surface area contributed by atoms with Crippen molar-refractivity contribution in [2.75, 3.05) is 0 Å². The summed E-state index contributed by atoms with van der Waals surface area (Å²) in [6.07, 6.45) is 6.03. The number of nitrogens with zero attached hydrogens (tertiary/aromatic N) is 3. The fourth-order valence-electron chi connectivity index (χ4n) is 3.55. The molecule has 6 nitrogen and oxygen atoms in total. The SMILES string of the molecule is O=S(=O)(NCc1nc2cccnc2n1C1CCCC1)c1ccccc1F. The van der Waals surface area contributed by atoms with E-state index in [4.69, 9.17) is 0 Å². The predicted octanol–water partition coefficient (Wildman–Crippen LogP) is 3.16. The Kier molecular flexibility index (Phi) is 4.46. The van der Waals surface area contributed by atoms with E-state index in [1.165, 1.54) is 18.2 Å². The largest absolute Gasteiger partial charge is 0.308 e. The maximum atomic E-state index is 13.9. The van der Waals surface area contributed by atoms with Crippen molar-refractivity contribution in [1.29, 1.82) is 0 Å². The van der Waals surface area contributed by atoms with E-state index in [1.807, 2.05) is 16.7 Å². The summed E-state index contributed by atoms with van der Waals surface area (Å²) in [6, 6.07) is 9.27. The molecular formula is C18H19FN4O2S. The third-order valence-corrected chi connectivity index (χ3v) is 6.19. The summed E-state index contributed by atoms with van der Waals surface area (Å²) in [5, 5.41) is 0. The van der Waals surface area contributed by atoms with Crippen molar-refractivity contribution in [3.8, 4) is 0 Å². The van der Waals surface area contributed by atoms with E-state index in [2.05, 4.69) is 14.7 Å². The molecule has 0 unspecified atom stereocenters. The maximum absolute atomic E-state index is 13.9. The lowest BCUT2D eigenvalue weighted by Gasteiger charge is -2.16. The number of imidazole rings is 1. The highest BCUT2D eigenvalue weighted by molar-refractivity contribution is 7.89. The lowest BCUT2D eigenvalue weighted by molar-refractivity contribution is 0.501. The Labute approximate surface area is 151 Å². The fraction of sp³-hybridized carbons (Fsp3) is 0.333. The second-order valence-corrected chi connectivity index (χ2v) is 8.17. The van der Waals surface area contributed by atoms with Crippen molar-refractivity contribution in [2.45, 2.75) is 43.2 Å². The van der Waals surface area contributed by atoms with Gasteiger partial charge in [-0.3, -0.25) is 0 Å². The van der Waals surface area contributed by atoms with E-state index >= 15 is 0 Å². The molecule has 2 aromatic heterocycles. The minimum Gasteiger partial charge on any atom is -0.308 e. The van der Waals surface area contributed by atoms with Crippen molar-refractivity contribution in [3.05, 3.63) is 54.2 Å². The number of aromatic nitrogens is 3. The first-order valence-electron chi connectivity index (χ1n) is 8.62. The van der Waals surface area contributed by atoms with Gasteiger partial charge in [-0.25, -0.2) is 27.5 Å². The molecule has 0 radical (unpaired) electrons. The molecule has 136 valence electrons. The number of rotatable bonds is 5. The Morgan fingerprint density at radius 2 is 1.92 bits per heavy atom. The molecule has 26 heavy (non-hydrogen) atoms. The monoisotopic (exact) mass is 374 g/mol. The molecular weight excluding hydrogens is 355 g/mol. The summed E-state index contributed by atoms with van der Waals surface area (Å²) in [5.74, 6) is -0.170. The van der Waals surface area contributed by atoms with Crippen LogP contribution >= 0.6 is 0 Å². The summed E-state index contributed by atoms with van der Waals surface area (Å²) in [6.45, 7) is -0.0104. The lowest BCUT2D eigenvalue weighted by atomic mass is 10.2. The highest BCUT2D eigenvalue weighted by Gasteiger charge is 2.25. The highest BCUT2D eigenvalue weighted by Crippen LogP contribution is 2.33. The number of pyridine rings is 1. The van der Waals surface area contributed by atoms with Crippen molar-refractivity contribution in [2.24, 2.45) is 0 Å². The van der Waals surface area contributed by atoms with Gasteiger partial charge in [0, 0.05) is 12.2 Å². The van der Waals surface area contributed by atoms with Crippen LogP contribution in [0.5, 0.6) is 0 Å². The number of hydrogen-bond donors (Lipinski definition) is 1. The second kappa shape index (κ2) is 6.77. The average Bonchev–Trinajstić information content (AvgIpc) is 3.27. The van der Waals surface area contributed by atoms with Gasteiger partial charge in [0.25, 0.3) is 0 Å². The molecule has 0 spiro atoms. The first-order chi connectivity index (χ1) is 12.6. The minimum absolute atomic E-state index is 0.0104. The number of sulfonamides is 1. The van der Waals surface area contributed by atoms with Gasteiger partial charge >= 0.3 is 0 Å². The Bertz CT molecular complexity index is 1040. The summed E-state index contributed by atoms with van der Waals surface area (Å²) >= 11 is 0. The molecule has 2 heterocycles. The maximum Gasteiger partial charge on any atom is 0.243 e. The van der Waals surface area contributed by atoms with Crippen LogP contribution < -0.4 is 4.72 Å². The van der Waals surface area contributed by atoms with E-state index < -0.39 is 15.8 Å². The van der Waals surface area contributed by atoms with Crippen molar-refractivity contribution in [3.63, 3.8) is 0 Å². The van der Waals surface area contributed by atoms with Crippen LogP contribution in [-0.4, -0.2) is 23.0 Å². The van der Waals surface area contributed by atoms with Crippen molar-refractivity contribution in [1.82, 2.24) is 19.3 Å². The van der Waals surface area contributed by atoms with Crippen LogP contribution in [0, 0.1) is 5.82 Å². The van der Waals surface area contributed by atoms with E-state index in [1.54, 1.807) is 6.20 Å². The van der Waals surface area contributed by atoms with Crippen LogP contribution in [0.1, 0.15) is 37.5 Å². The van der Waals surface area contributed by atoms with E-state index in [9.17, 15) is 12.8 Å². The lowest BCUT2D eigenvalue weighted by Crippen LogP contribution is -2.26. The van der Waals surface area contributed by atoms with Gasteiger partial charge in [-0.05, 0) is 37.1 Å². The fourth-order valence-corrected chi connectivity index (χ4v) is 4.60. The number of hydrogen-bond acceptors (Lipinski definition) is 4. The normalized spacial score (nSPS) is 15.7. The van der Waals surface area contributed by atoms with Gasteiger partial charge in [0.05, 0.1) is 6.54 Å². The first kappa shape index (κ1) is 17.1. The van der Waals surface area contributed by atoms with Crippen molar-refractivity contribution >= 4 is 21.2 Å². The molecule has 1 aliphatic rings. The van der Waals surface area contributed by atoms with Gasteiger partial charge in [0.1, 0.15) is 22.1 Å². The zero-order valence-electron chi connectivity index (χ0n) is 14.1. The standard InChI is InChI=1S/C18H19FN4O2S/c19-14-8-3-4-10-16(14)26(24,25)21-12-17-22-15-9-5-11-20-18(15)23(17)13-6-1-2-7-13/h3-5,8-11,13,21H,1-2,6-7,12H2. The Morgan fingerprint density at radius 1 is 1.15 bits per heavy atom. The van der Waals surface area contributed by atoms with Crippen molar-refractivity contribution < 1.29 is 12.8 Å². The van der Waals surface area contributed by atoms with E-state index in [0.29, 0.717) is 5.82 Å². The Balaban J connectivity index is 1.67. The predicted molar refractivity (Wildman–Crippen MR) is 95.5 cm³/mol. The van der Waals surface area contributed by atoms with Crippen LogP contribution in [0.15, 0.2) is 47.5 Å². The molecule has 1 fully saturated rings. The molecule has 0 atom stereocenters. The van der Waals surface area contributed by atoms with Crippen LogP contribution in [0.3, 0.4) is 0 Å². The Morgan fingerprint density at radius 3 is 2.69 bits per heavy atom. The molecule has 1 N–H and O–H groups in total. The zero-order chi connectivity index (χ0) is 18.1. The number of fused-ring (bicyclic) bond motifs is 1. The summed E-state index contributed by atoms with van der Waals surface area (Å²) in [4.78, 5) is 8.62. The zero-order valence-corrected chi connectivity index (χ0v) is 14.9. The third kappa shape index (κ3) is 3.10. The smallest absolute Gasteiger partial charge is 0.243 e. The number of benzene rings is 1. The topological polar surface area (TPSA) is 76.9 Å². The third-order valence-electron chi connectivity index (χ3n) is 4.76. The summed E-state index contributed by atoms with van der Waals surface area (Å²) < 4.78 is 43.3. The molecule has 1 aromatic carbocycles. The van der Waals surface area contributed by atoms with Crippen LogP contribution in [0.25, 0.3) is 11.2 Å². The average molecular weight is 374 g/mol. The highest BCUT2D eigenvalue weighted by atomic mass is 32.2. The van der Waals surface area contributed by atoms with Gasteiger partial charge in [-0.1, -0.05) is 25.0 Å². The van der Waals surface area contributed by atoms with Crippen LogP contribution in [0.4, 0.5) is 4.39 Å². The van der Waals surface area contributed by atoms with Crippen LogP contribution in [0.2, 0.25) is 0 Å². The van der Waals surface area contributed by atoms with Gasteiger partial charge in [0.15, 0.2) is 5.65 Å². The second-order valence-electron chi connectivity index (χ2n) is 6.44. The van der Waals surface area contributed by atoms with Gasteiger partial charge < -0.3 is 4.57 Å². The minimum atomic E-state index is -3.97. The molecule has 3 aromatic rings. The van der Waals surface area contributed by atoms with Gasteiger partial charge in [-0.15, -0.1) is 0 Å². The molecule has 4 rings (SSSR count). The molecule has 0 saturated heterocycles. The Hall–Kier alpha value is -2.32. The van der Waals surface area contributed by atoms with Gasteiger partial charge in [-0.2, -0.15) is 0 Å². The van der Waals surface area contributed by atoms with Gasteiger partial charge in [0.2, 0.25) is 10.0 Å². The molecule has 1 aliphatic carbocycles. The molecule has 0 bridgehead atoms. The molecule has 0 amide bonds. The summed E-state index contributed by atoms with van der Waals surface area (Å²) in [5.41, 5.74) is 1.50. The van der Waals surface area contributed by atoms with E-state index in [0.717, 1.165) is 42.9 Å². The first-order valence-corrected chi connectivity index (χ1v) is 10.1. The molecule has 1 saturated carbocycles. The summed E-state index contributed by atoms with van der Waals surface area (Å²) in [7, 11) is -3.97. The number of nitrogens with one attached hydrogen (secondary N) is 1. The van der Waals surface area contributed by atoms with E-state index in [-0.39, 0.29) is 17.5 Å². The quantitative estimate of drug-likeness (QED) is 0.744. The molecule has 0 aliphatic heterocycles.